The van der Waals surface area contributed by atoms with Crippen LogP contribution in [-0.2, 0) is 6.54 Å². The Morgan fingerprint density at radius 2 is 1.94 bits per heavy atom. The molecule has 3 aromatic heterocycles. The van der Waals surface area contributed by atoms with E-state index in [9.17, 15) is 4.79 Å². The Bertz CT molecular complexity index is 1510. The second kappa shape index (κ2) is 8.15. The minimum Gasteiger partial charge on any atom is -0.399 e. The lowest BCUT2D eigenvalue weighted by Gasteiger charge is -2.12. The van der Waals surface area contributed by atoms with Gasteiger partial charge in [0.05, 0.1) is 22.9 Å². The number of anilines is 2. The third kappa shape index (κ3) is 3.79. The number of imidazole rings is 1. The number of rotatable bonds is 6. The van der Waals surface area contributed by atoms with Crippen molar-refractivity contribution in [1.29, 1.82) is 0 Å². The van der Waals surface area contributed by atoms with Gasteiger partial charge in [0.1, 0.15) is 0 Å². The summed E-state index contributed by atoms with van der Waals surface area (Å²) in [7, 11) is 0. The molecular weight excluding hydrogens is 426 g/mol. The highest BCUT2D eigenvalue weighted by Crippen LogP contribution is 2.30. The molecule has 4 N–H and O–H groups in total. The van der Waals surface area contributed by atoms with Gasteiger partial charge in [-0.2, -0.15) is 0 Å². The van der Waals surface area contributed by atoms with Crippen molar-refractivity contribution in [2.75, 3.05) is 11.1 Å². The van der Waals surface area contributed by atoms with E-state index in [1.54, 1.807) is 6.20 Å². The summed E-state index contributed by atoms with van der Waals surface area (Å²) in [6.07, 6.45) is 7.53. The van der Waals surface area contributed by atoms with E-state index in [4.69, 9.17) is 15.7 Å². The minimum atomic E-state index is -0.0285. The molecule has 0 aliphatic heterocycles. The number of nitrogens with zero attached hydrogens (tertiary/aromatic N) is 4. The molecule has 0 spiro atoms. The van der Waals surface area contributed by atoms with Gasteiger partial charge >= 0.3 is 0 Å². The first kappa shape index (κ1) is 20.2. The molecule has 6 rings (SSSR count). The number of carbonyl (C=O) groups is 1. The van der Waals surface area contributed by atoms with E-state index in [-0.39, 0.29) is 5.91 Å². The minimum absolute atomic E-state index is 0.0285. The monoisotopic (exact) mass is 449 g/mol. The number of carbonyl (C=O) groups excluding carboxylic acids is 1. The van der Waals surface area contributed by atoms with E-state index in [0.29, 0.717) is 35.3 Å². The molecule has 8 nitrogen and oxygen atoms in total. The van der Waals surface area contributed by atoms with Crippen molar-refractivity contribution in [2.24, 2.45) is 0 Å². The first-order valence-electron chi connectivity index (χ1n) is 11.3. The average Bonchev–Trinajstić information content (AvgIpc) is 3.57. The molecule has 0 saturated heterocycles. The standard InChI is InChI=1S/C26H23N7O/c27-19-7-10-22-21(12-19)32-24(29-14-16-2-1-11-28-13-16)25-30-15-23(33(22)25)17-3-5-18(6-4-17)26(34)31-20-8-9-20/h1-7,10-13,15,20H,8-9,14,27H2,(H,29,32)(H,31,34). The Labute approximate surface area is 195 Å². The summed E-state index contributed by atoms with van der Waals surface area (Å²) in [5, 5.41) is 6.43. The Morgan fingerprint density at radius 1 is 1.09 bits per heavy atom. The van der Waals surface area contributed by atoms with E-state index in [1.165, 1.54) is 0 Å². The van der Waals surface area contributed by atoms with Gasteiger partial charge in [-0.3, -0.25) is 14.2 Å². The molecule has 1 aliphatic carbocycles. The molecule has 0 bridgehead atoms. The van der Waals surface area contributed by atoms with E-state index < -0.39 is 0 Å². The van der Waals surface area contributed by atoms with Crippen molar-refractivity contribution >= 4 is 34.1 Å². The Morgan fingerprint density at radius 3 is 2.71 bits per heavy atom. The molecule has 0 unspecified atom stereocenters. The normalized spacial score (nSPS) is 13.3. The topological polar surface area (TPSA) is 110 Å². The lowest BCUT2D eigenvalue weighted by molar-refractivity contribution is 0.0951. The first-order chi connectivity index (χ1) is 16.7. The summed E-state index contributed by atoms with van der Waals surface area (Å²) in [5.41, 5.74) is 12.6. The van der Waals surface area contributed by atoms with Crippen molar-refractivity contribution in [1.82, 2.24) is 24.7 Å². The number of nitrogens with one attached hydrogen (secondary N) is 2. The Balaban J connectivity index is 1.42. The lowest BCUT2D eigenvalue weighted by atomic mass is 10.1. The predicted octanol–water partition coefficient (Wildman–Crippen LogP) is 4.03. The van der Waals surface area contributed by atoms with Crippen LogP contribution in [0.1, 0.15) is 28.8 Å². The Hall–Kier alpha value is -4.46. The molecule has 0 radical (unpaired) electrons. The first-order valence-corrected chi connectivity index (χ1v) is 11.3. The number of nitrogen functional groups attached to an aromatic ring is 1. The van der Waals surface area contributed by atoms with Gasteiger partial charge in [0.2, 0.25) is 0 Å². The Kier molecular flexibility index (Phi) is 4.83. The summed E-state index contributed by atoms with van der Waals surface area (Å²) in [6.45, 7) is 0.567. The number of benzene rings is 2. The van der Waals surface area contributed by atoms with Crippen LogP contribution in [0.3, 0.4) is 0 Å². The van der Waals surface area contributed by atoms with Crippen molar-refractivity contribution in [2.45, 2.75) is 25.4 Å². The summed E-state index contributed by atoms with van der Waals surface area (Å²) in [6, 6.07) is 17.5. The van der Waals surface area contributed by atoms with Crippen LogP contribution in [0.15, 0.2) is 73.2 Å². The molecule has 1 fully saturated rings. The average molecular weight is 450 g/mol. The van der Waals surface area contributed by atoms with Crippen LogP contribution in [0.4, 0.5) is 11.5 Å². The van der Waals surface area contributed by atoms with Crippen LogP contribution in [0.2, 0.25) is 0 Å². The molecule has 168 valence electrons. The highest BCUT2D eigenvalue weighted by Gasteiger charge is 2.24. The third-order valence-electron chi connectivity index (χ3n) is 5.98. The highest BCUT2D eigenvalue weighted by molar-refractivity contribution is 5.95. The molecule has 2 aromatic carbocycles. The predicted molar refractivity (Wildman–Crippen MR) is 132 cm³/mol. The maximum Gasteiger partial charge on any atom is 0.251 e. The van der Waals surface area contributed by atoms with Crippen LogP contribution < -0.4 is 16.4 Å². The number of fused-ring (bicyclic) bond motifs is 3. The summed E-state index contributed by atoms with van der Waals surface area (Å²) < 4.78 is 2.08. The smallest absolute Gasteiger partial charge is 0.251 e. The van der Waals surface area contributed by atoms with Crippen LogP contribution in [0, 0.1) is 0 Å². The summed E-state index contributed by atoms with van der Waals surface area (Å²) >= 11 is 0. The molecule has 8 heteroatoms. The number of hydrogen-bond donors (Lipinski definition) is 3. The molecule has 5 aromatic rings. The molecule has 1 amide bonds. The zero-order valence-electron chi connectivity index (χ0n) is 18.4. The molecule has 0 atom stereocenters. The highest BCUT2D eigenvalue weighted by atomic mass is 16.1. The molecular formula is C26H23N7O. The van der Waals surface area contributed by atoms with E-state index in [0.717, 1.165) is 40.7 Å². The fourth-order valence-electron chi connectivity index (χ4n) is 4.05. The number of hydrogen-bond acceptors (Lipinski definition) is 6. The van der Waals surface area contributed by atoms with Crippen LogP contribution in [-0.4, -0.2) is 31.3 Å². The number of amides is 1. The van der Waals surface area contributed by atoms with Gasteiger partial charge in [-0.05, 0) is 54.8 Å². The largest absolute Gasteiger partial charge is 0.399 e. The maximum absolute atomic E-state index is 12.4. The molecule has 3 heterocycles. The zero-order valence-corrected chi connectivity index (χ0v) is 18.4. The fraction of sp³-hybridized carbons (Fsp3) is 0.154. The maximum atomic E-state index is 12.4. The van der Waals surface area contributed by atoms with Crippen molar-refractivity contribution in [3.63, 3.8) is 0 Å². The van der Waals surface area contributed by atoms with Gasteiger partial charge in [0, 0.05) is 41.8 Å². The molecule has 1 saturated carbocycles. The lowest BCUT2D eigenvalue weighted by Crippen LogP contribution is -2.25. The van der Waals surface area contributed by atoms with Gasteiger partial charge < -0.3 is 16.4 Å². The zero-order chi connectivity index (χ0) is 23.1. The van der Waals surface area contributed by atoms with Gasteiger partial charge in [-0.25, -0.2) is 9.97 Å². The van der Waals surface area contributed by atoms with Crippen molar-refractivity contribution < 1.29 is 4.79 Å². The number of aromatic nitrogens is 4. The van der Waals surface area contributed by atoms with E-state index in [1.807, 2.05) is 67.0 Å². The van der Waals surface area contributed by atoms with Gasteiger partial charge in [-0.15, -0.1) is 0 Å². The van der Waals surface area contributed by atoms with E-state index >= 15 is 0 Å². The molecule has 34 heavy (non-hydrogen) atoms. The number of nitrogens with two attached hydrogens (primary N) is 1. The SMILES string of the molecule is Nc1ccc2c(c1)nc(NCc1cccnc1)c1ncc(-c3ccc(C(=O)NC4CC4)cc3)n12. The quantitative estimate of drug-likeness (QED) is 0.338. The number of pyridine rings is 1. The van der Waals surface area contributed by atoms with Gasteiger partial charge in [0.25, 0.3) is 5.91 Å². The summed E-state index contributed by atoms with van der Waals surface area (Å²) in [4.78, 5) is 26.1. The third-order valence-corrected chi connectivity index (χ3v) is 5.98. The fourth-order valence-corrected chi connectivity index (χ4v) is 4.05. The van der Waals surface area contributed by atoms with Crippen LogP contribution >= 0.6 is 0 Å². The van der Waals surface area contributed by atoms with Crippen LogP contribution in [0.25, 0.3) is 27.9 Å². The second-order valence-corrected chi connectivity index (χ2v) is 8.55. The van der Waals surface area contributed by atoms with Crippen molar-refractivity contribution in [3.05, 3.63) is 84.3 Å². The van der Waals surface area contributed by atoms with Crippen molar-refractivity contribution in [3.8, 4) is 11.3 Å². The second-order valence-electron chi connectivity index (χ2n) is 8.55. The summed E-state index contributed by atoms with van der Waals surface area (Å²) in [5.74, 6) is 0.632. The van der Waals surface area contributed by atoms with Gasteiger partial charge in [0.15, 0.2) is 11.5 Å². The van der Waals surface area contributed by atoms with Crippen LogP contribution in [0.5, 0.6) is 0 Å². The van der Waals surface area contributed by atoms with Gasteiger partial charge in [-0.1, -0.05) is 18.2 Å². The molecule has 1 aliphatic rings. The van der Waals surface area contributed by atoms with E-state index in [2.05, 4.69) is 20.0 Å².